The highest BCUT2D eigenvalue weighted by Crippen LogP contribution is 2.22. The summed E-state index contributed by atoms with van der Waals surface area (Å²) >= 11 is 0. The molecule has 0 aliphatic carbocycles. The van der Waals surface area contributed by atoms with E-state index in [2.05, 4.69) is 40.6 Å². The van der Waals surface area contributed by atoms with Gasteiger partial charge in [-0.05, 0) is 54.3 Å². The van der Waals surface area contributed by atoms with Gasteiger partial charge in [-0.3, -0.25) is 4.90 Å². The molecule has 0 radical (unpaired) electrons. The molecule has 2 aromatic carbocycles. The van der Waals surface area contributed by atoms with Crippen LogP contribution in [-0.2, 0) is 11.2 Å². The molecule has 4 heteroatoms. The number of hydrogen-bond donors (Lipinski definition) is 1. The number of carbonyl (C=O) groups is 1. The lowest BCUT2D eigenvalue weighted by molar-refractivity contribution is -0.108. The number of benzene rings is 2. The summed E-state index contributed by atoms with van der Waals surface area (Å²) in [6.45, 7) is 9.30. The molecular formula is C23H28N2O2. The summed E-state index contributed by atoms with van der Waals surface area (Å²) in [6.07, 6.45) is 3.39. The Morgan fingerprint density at radius 2 is 1.74 bits per heavy atom. The predicted octanol–water partition coefficient (Wildman–Crippen LogP) is 3.55. The lowest BCUT2D eigenvalue weighted by Gasteiger charge is -2.37. The van der Waals surface area contributed by atoms with Gasteiger partial charge in [0.1, 0.15) is 12.0 Å². The number of nitrogens with zero attached hydrogens (tertiary/aromatic N) is 2. The standard InChI is InChI=1S/C23H28N2O2/c1-19(25-13-11-24(12-14-25)10-2-3-15-26)22-8-4-6-20(17-22)16-21-7-5-9-23(27)18-21/h4-9,15,17-18,27H,1-3,10-14,16H2. The minimum absolute atomic E-state index is 0.305. The van der Waals surface area contributed by atoms with Crippen LogP contribution in [-0.4, -0.2) is 53.9 Å². The van der Waals surface area contributed by atoms with Crippen LogP contribution in [0.1, 0.15) is 29.5 Å². The summed E-state index contributed by atoms with van der Waals surface area (Å²) < 4.78 is 0. The molecule has 0 bridgehead atoms. The summed E-state index contributed by atoms with van der Waals surface area (Å²) in [6, 6.07) is 15.9. The van der Waals surface area contributed by atoms with Gasteiger partial charge in [0.2, 0.25) is 0 Å². The van der Waals surface area contributed by atoms with E-state index in [-0.39, 0.29) is 0 Å². The van der Waals surface area contributed by atoms with E-state index >= 15 is 0 Å². The zero-order valence-corrected chi connectivity index (χ0v) is 15.8. The first-order chi connectivity index (χ1) is 13.2. The summed E-state index contributed by atoms with van der Waals surface area (Å²) in [5, 5.41) is 9.65. The fourth-order valence-corrected chi connectivity index (χ4v) is 3.59. The van der Waals surface area contributed by atoms with Crippen molar-refractivity contribution in [2.24, 2.45) is 0 Å². The summed E-state index contributed by atoms with van der Waals surface area (Å²) in [7, 11) is 0. The molecule has 1 aliphatic rings. The Morgan fingerprint density at radius 3 is 2.44 bits per heavy atom. The van der Waals surface area contributed by atoms with Gasteiger partial charge in [0.05, 0.1) is 0 Å². The van der Waals surface area contributed by atoms with Gasteiger partial charge in [-0.2, -0.15) is 0 Å². The Morgan fingerprint density at radius 1 is 1.04 bits per heavy atom. The van der Waals surface area contributed by atoms with Crippen LogP contribution in [0.4, 0.5) is 0 Å². The molecule has 4 nitrogen and oxygen atoms in total. The molecule has 142 valence electrons. The van der Waals surface area contributed by atoms with Gasteiger partial charge in [-0.1, -0.05) is 36.9 Å². The van der Waals surface area contributed by atoms with Gasteiger partial charge in [0, 0.05) is 38.3 Å². The predicted molar refractivity (Wildman–Crippen MR) is 110 cm³/mol. The molecule has 3 rings (SSSR count). The van der Waals surface area contributed by atoms with E-state index in [4.69, 9.17) is 0 Å². The first kappa shape index (κ1) is 19.2. The molecule has 1 aliphatic heterocycles. The Kier molecular flexibility index (Phi) is 6.66. The number of phenols is 1. The first-order valence-corrected chi connectivity index (χ1v) is 9.63. The van der Waals surface area contributed by atoms with E-state index in [1.165, 1.54) is 5.56 Å². The second-order valence-corrected chi connectivity index (χ2v) is 7.13. The van der Waals surface area contributed by atoms with Crippen molar-refractivity contribution in [1.29, 1.82) is 0 Å². The van der Waals surface area contributed by atoms with Crippen LogP contribution in [0.5, 0.6) is 5.75 Å². The number of unbranched alkanes of at least 4 members (excludes halogenated alkanes) is 1. The van der Waals surface area contributed by atoms with Gasteiger partial charge in [-0.15, -0.1) is 0 Å². The highest BCUT2D eigenvalue weighted by atomic mass is 16.3. The van der Waals surface area contributed by atoms with E-state index in [0.717, 1.165) is 68.7 Å². The van der Waals surface area contributed by atoms with Crippen LogP contribution in [0.2, 0.25) is 0 Å². The minimum Gasteiger partial charge on any atom is -0.508 e. The monoisotopic (exact) mass is 364 g/mol. The molecular weight excluding hydrogens is 336 g/mol. The smallest absolute Gasteiger partial charge is 0.120 e. The van der Waals surface area contributed by atoms with E-state index in [1.54, 1.807) is 6.07 Å². The minimum atomic E-state index is 0.305. The van der Waals surface area contributed by atoms with Gasteiger partial charge < -0.3 is 14.8 Å². The van der Waals surface area contributed by atoms with Gasteiger partial charge in [-0.25, -0.2) is 0 Å². The molecule has 1 saturated heterocycles. The van der Waals surface area contributed by atoms with E-state index < -0.39 is 0 Å². The Labute approximate surface area is 161 Å². The highest BCUT2D eigenvalue weighted by molar-refractivity contribution is 5.62. The largest absolute Gasteiger partial charge is 0.508 e. The fourth-order valence-electron chi connectivity index (χ4n) is 3.59. The van der Waals surface area contributed by atoms with Crippen LogP contribution < -0.4 is 0 Å². The normalized spacial score (nSPS) is 14.9. The van der Waals surface area contributed by atoms with Crippen molar-refractivity contribution >= 4 is 12.0 Å². The third-order valence-corrected chi connectivity index (χ3v) is 5.13. The number of hydrogen-bond acceptors (Lipinski definition) is 4. The SMILES string of the molecule is C=C(c1cccc(Cc2cccc(O)c2)c1)N1CCN(CCCC=O)CC1. The van der Waals surface area contributed by atoms with Gasteiger partial charge in [0.15, 0.2) is 0 Å². The number of aldehydes is 1. The molecule has 0 aromatic heterocycles. The van der Waals surface area contributed by atoms with E-state index in [9.17, 15) is 9.90 Å². The van der Waals surface area contributed by atoms with Crippen molar-refractivity contribution in [3.8, 4) is 5.75 Å². The van der Waals surface area contributed by atoms with Crippen molar-refractivity contribution < 1.29 is 9.90 Å². The van der Waals surface area contributed by atoms with Crippen LogP contribution in [0, 0.1) is 0 Å². The molecule has 1 fully saturated rings. The first-order valence-electron chi connectivity index (χ1n) is 9.63. The fraction of sp³-hybridized carbons (Fsp3) is 0.348. The second-order valence-electron chi connectivity index (χ2n) is 7.13. The van der Waals surface area contributed by atoms with Crippen molar-refractivity contribution in [2.75, 3.05) is 32.7 Å². The zero-order valence-electron chi connectivity index (χ0n) is 15.8. The molecule has 0 atom stereocenters. The van der Waals surface area contributed by atoms with E-state index in [1.807, 2.05) is 18.2 Å². The summed E-state index contributed by atoms with van der Waals surface area (Å²) in [4.78, 5) is 15.2. The molecule has 27 heavy (non-hydrogen) atoms. The van der Waals surface area contributed by atoms with Crippen LogP contribution in [0.3, 0.4) is 0 Å². The summed E-state index contributed by atoms with van der Waals surface area (Å²) in [5.41, 5.74) is 4.54. The maximum Gasteiger partial charge on any atom is 0.120 e. The van der Waals surface area contributed by atoms with Crippen molar-refractivity contribution in [3.63, 3.8) is 0 Å². The van der Waals surface area contributed by atoms with Crippen molar-refractivity contribution in [1.82, 2.24) is 9.80 Å². The van der Waals surface area contributed by atoms with Crippen LogP contribution in [0.15, 0.2) is 55.1 Å². The lowest BCUT2D eigenvalue weighted by Crippen LogP contribution is -2.45. The quantitative estimate of drug-likeness (QED) is 0.575. The number of phenolic OH excluding ortho intramolecular Hbond substituents is 1. The maximum absolute atomic E-state index is 10.5. The zero-order chi connectivity index (χ0) is 19.1. The number of rotatable bonds is 8. The Bertz CT molecular complexity index is 779. The van der Waals surface area contributed by atoms with Crippen molar-refractivity contribution in [2.45, 2.75) is 19.3 Å². The molecule has 1 N–H and O–H groups in total. The molecule has 1 heterocycles. The highest BCUT2D eigenvalue weighted by Gasteiger charge is 2.18. The third kappa shape index (κ3) is 5.44. The van der Waals surface area contributed by atoms with E-state index in [0.29, 0.717) is 12.2 Å². The van der Waals surface area contributed by atoms with Gasteiger partial charge >= 0.3 is 0 Å². The molecule has 0 unspecified atom stereocenters. The molecule has 2 aromatic rings. The average molecular weight is 364 g/mol. The number of carbonyl (C=O) groups excluding carboxylic acids is 1. The van der Waals surface area contributed by atoms with Crippen LogP contribution in [0.25, 0.3) is 5.70 Å². The Hall–Kier alpha value is -2.59. The molecule has 0 spiro atoms. The topological polar surface area (TPSA) is 43.8 Å². The van der Waals surface area contributed by atoms with Crippen LogP contribution >= 0.6 is 0 Å². The number of piperazine rings is 1. The molecule has 0 amide bonds. The van der Waals surface area contributed by atoms with Crippen molar-refractivity contribution in [3.05, 3.63) is 71.8 Å². The lowest BCUT2D eigenvalue weighted by atomic mass is 10.0. The number of aromatic hydroxyl groups is 1. The summed E-state index contributed by atoms with van der Waals surface area (Å²) in [5.74, 6) is 0.305. The van der Waals surface area contributed by atoms with Gasteiger partial charge in [0.25, 0.3) is 0 Å². The Balaban J connectivity index is 1.58. The maximum atomic E-state index is 10.5. The average Bonchev–Trinajstić information content (AvgIpc) is 2.68. The third-order valence-electron chi connectivity index (χ3n) is 5.13. The second kappa shape index (κ2) is 9.38. The molecule has 0 saturated carbocycles.